The Morgan fingerprint density at radius 2 is 2.05 bits per heavy atom. The fourth-order valence-electron chi connectivity index (χ4n) is 2.99. The van der Waals surface area contributed by atoms with E-state index in [9.17, 15) is 4.39 Å². The smallest absolute Gasteiger partial charge is 0.167 e. The highest BCUT2D eigenvalue weighted by atomic mass is 19.1. The van der Waals surface area contributed by atoms with Crippen LogP contribution >= 0.6 is 0 Å². The topological polar surface area (TPSA) is 47.3 Å². The highest BCUT2D eigenvalue weighted by Crippen LogP contribution is 2.39. The van der Waals surface area contributed by atoms with Gasteiger partial charge in [-0.15, -0.1) is 0 Å². The SMILES string of the molecule is CC(C)Oc1cc(NC2CCCCC2(C)C)c(N)cc1F. The minimum Gasteiger partial charge on any atom is -0.488 e. The zero-order valence-corrected chi connectivity index (χ0v) is 13.5. The molecular formula is C17H27FN2O. The molecule has 1 aliphatic rings. The van der Waals surface area contributed by atoms with E-state index in [1.807, 2.05) is 13.8 Å². The van der Waals surface area contributed by atoms with Crippen LogP contribution in [0.4, 0.5) is 15.8 Å². The highest BCUT2D eigenvalue weighted by Gasteiger charge is 2.32. The maximum Gasteiger partial charge on any atom is 0.167 e. The van der Waals surface area contributed by atoms with Gasteiger partial charge in [-0.2, -0.15) is 0 Å². The molecule has 0 amide bonds. The average molecular weight is 294 g/mol. The van der Waals surface area contributed by atoms with Gasteiger partial charge in [0, 0.05) is 18.2 Å². The molecule has 2 rings (SSSR count). The van der Waals surface area contributed by atoms with Crippen molar-refractivity contribution in [1.29, 1.82) is 0 Å². The van der Waals surface area contributed by atoms with Gasteiger partial charge in [0.05, 0.1) is 17.5 Å². The van der Waals surface area contributed by atoms with Crippen molar-refractivity contribution in [2.24, 2.45) is 5.41 Å². The molecule has 0 heterocycles. The van der Waals surface area contributed by atoms with Gasteiger partial charge in [0.25, 0.3) is 0 Å². The lowest BCUT2D eigenvalue weighted by Crippen LogP contribution is -2.39. The summed E-state index contributed by atoms with van der Waals surface area (Å²) >= 11 is 0. The van der Waals surface area contributed by atoms with E-state index in [1.54, 1.807) is 6.07 Å². The maximum atomic E-state index is 13.9. The second-order valence-electron chi connectivity index (χ2n) is 6.97. The minimum atomic E-state index is -0.408. The predicted molar refractivity (Wildman–Crippen MR) is 86.2 cm³/mol. The lowest BCUT2D eigenvalue weighted by molar-refractivity contribution is 0.216. The molecular weight excluding hydrogens is 267 g/mol. The third-order valence-electron chi connectivity index (χ3n) is 4.30. The molecule has 3 nitrogen and oxygen atoms in total. The van der Waals surface area contributed by atoms with Crippen LogP contribution < -0.4 is 15.8 Å². The van der Waals surface area contributed by atoms with Crippen molar-refractivity contribution < 1.29 is 9.13 Å². The van der Waals surface area contributed by atoms with E-state index >= 15 is 0 Å². The fraction of sp³-hybridized carbons (Fsp3) is 0.647. The predicted octanol–water partition coefficient (Wildman–Crippen LogP) is 4.58. The average Bonchev–Trinajstić information content (AvgIpc) is 2.36. The number of ether oxygens (including phenoxy) is 1. The summed E-state index contributed by atoms with van der Waals surface area (Å²) in [6, 6.07) is 3.39. The summed E-state index contributed by atoms with van der Waals surface area (Å²) in [6.45, 7) is 8.31. The Bertz CT molecular complexity index is 500. The molecule has 1 aromatic carbocycles. The van der Waals surface area contributed by atoms with Crippen LogP contribution in [0.25, 0.3) is 0 Å². The van der Waals surface area contributed by atoms with Gasteiger partial charge in [0.2, 0.25) is 0 Å². The first-order valence-corrected chi connectivity index (χ1v) is 7.82. The molecule has 0 radical (unpaired) electrons. The molecule has 0 aliphatic heterocycles. The van der Waals surface area contributed by atoms with Crippen molar-refractivity contribution in [1.82, 2.24) is 0 Å². The van der Waals surface area contributed by atoms with Gasteiger partial charge in [-0.05, 0) is 32.1 Å². The monoisotopic (exact) mass is 294 g/mol. The standard InChI is InChI=1S/C17H27FN2O/c1-11(2)21-15-10-14(13(19)9-12(15)18)20-16-7-5-6-8-17(16,3)4/h9-11,16,20H,5-8,19H2,1-4H3. The largest absolute Gasteiger partial charge is 0.488 e. The zero-order chi connectivity index (χ0) is 15.6. The van der Waals surface area contributed by atoms with E-state index in [4.69, 9.17) is 10.5 Å². The highest BCUT2D eigenvalue weighted by molar-refractivity contribution is 5.69. The molecule has 0 bridgehead atoms. The molecule has 0 aromatic heterocycles. The first-order valence-electron chi connectivity index (χ1n) is 7.82. The van der Waals surface area contributed by atoms with Crippen LogP contribution in [0, 0.1) is 11.2 Å². The first kappa shape index (κ1) is 15.9. The van der Waals surface area contributed by atoms with Crippen LogP contribution in [-0.2, 0) is 0 Å². The lowest BCUT2D eigenvalue weighted by atomic mass is 9.73. The van der Waals surface area contributed by atoms with Crippen molar-refractivity contribution in [3.8, 4) is 5.75 Å². The Balaban J connectivity index is 2.22. The Morgan fingerprint density at radius 3 is 2.67 bits per heavy atom. The number of nitrogens with one attached hydrogen (secondary N) is 1. The van der Waals surface area contributed by atoms with Crippen LogP contribution in [0.1, 0.15) is 53.4 Å². The van der Waals surface area contributed by atoms with Gasteiger partial charge in [-0.1, -0.05) is 26.7 Å². The number of nitrogen functional groups attached to an aromatic ring is 1. The molecule has 0 spiro atoms. The second-order valence-corrected chi connectivity index (χ2v) is 6.97. The summed E-state index contributed by atoms with van der Waals surface area (Å²) in [5.41, 5.74) is 7.39. The van der Waals surface area contributed by atoms with Crippen LogP contribution in [0.2, 0.25) is 0 Å². The summed E-state index contributed by atoms with van der Waals surface area (Å²) in [6.07, 6.45) is 4.73. The number of hydrogen-bond donors (Lipinski definition) is 2. The van der Waals surface area contributed by atoms with E-state index in [1.165, 1.54) is 25.3 Å². The number of nitrogens with two attached hydrogens (primary N) is 1. The van der Waals surface area contributed by atoms with Gasteiger partial charge in [0.1, 0.15) is 0 Å². The molecule has 4 heteroatoms. The van der Waals surface area contributed by atoms with Crippen molar-refractivity contribution in [3.05, 3.63) is 17.9 Å². The summed E-state index contributed by atoms with van der Waals surface area (Å²) in [5.74, 6) is -0.148. The van der Waals surface area contributed by atoms with Crippen LogP contribution in [0.5, 0.6) is 5.75 Å². The maximum absolute atomic E-state index is 13.9. The number of benzene rings is 1. The van der Waals surface area contributed by atoms with Gasteiger partial charge in [-0.3, -0.25) is 0 Å². The summed E-state index contributed by atoms with van der Waals surface area (Å²) < 4.78 is 19.4. The first-order chi connectivity index (χ1) is 9.79. The quantitative estimate of drug-likeness (QED) is 0.799. The van der Waals surface area contributed by atoms with Crippen molar-refractivity contribution in [2.45, 2.75) is 65.5 Å². The van der Waals surface area contributed by atoms with E-state index < -0.39 is 5.82 Å². The molecule has 1 saturated carbocycles. The molecule has 1 atom stereocenters. The number of anilines is 2. The Kier molecular flexibility index (Phi) is 4.64. The summed E-state index contributed by atoms with van der Waals surface area (Å²) in [7, 11) is 0. The van der Waals surface area contributed by atoms with Gasteiger partial charge >= 0.3 is 0 Å². The summed E-state index contributed by atoms with van der Waals surface area (Å²) in [4.78, 5) is 0. The molecule has 1 unspecified atom stereocenters. The molecule has 0 saturated heterocycles. The Morgan fingerprint density at radius 1 is 1.33 bits per heavy atom. The van der Waals surface area contributed by atoms with Gasteiger partial charge < -0.3 is 15.8 Å². The third-order valence-corrected chi connectivity index (χ3v) is 4.30. The second kappa shape index (κ2) is 6.12. The van der Waals surface area contributed by atoms with E-state index in [-0.39, 0.29) is 17.3 Å². The molecule has 1 aliphatic carbocycles. The molecule has 3 N–H and O–H groups in total. The van der Waals surface area contributed by atoms with Crippen LogP contribution in [0.15, 0.2) is 12.1 Å². The van der Waals surface area contributed by atoms with E-state index in [0.29, 0.717) is 11.7 Å². The Labute approximate surface area is 127 Å². The van der Waals surface area contributed by atoms with Crippen LogP contribution in [0.3, 0.4) is 0 Å². The number of rotatable bonds is 4. The van der Waals surface area contributed by atoms with E-state index in [0.717, 1.165) is 12.1 Å². The normalized spacial score (nSPS) is 21.3. The molecule has 1 aromatic rings. The zero-order valence-electron chi connectivity index (χ0n) is 13.5. The fourth-order valence-corrected chi connectivity index (χ4v) is 2.99. The third kappa shape index (κ3) is 3.80. The molecule has 118 valence electrons. The van der Waals surface area contributed by atoms with Crippen LogP contribution in [-0.4, -0.2) is 12.1 Å². The Hall–Kier alpha value is -1.45. The summed E-state index contributed by atoms with van der Waals surface area (Å²) in [5, 5.41) is 3.51. The molecule has 1 fully saturated rings. The number of hydrogen-bond acceptors (Lipinski definition) is 3. The molecule has 21 heavy (non-hydrogen) atoms. The number of halogens is 1. The van der Waals surface area contributed by atoms with Crippen molar-refractivity contribution >= 4 is 11.4 Å². The van der Waals surface area contributed by atoms with Crippen molar-refractivity contribution in [3.63, 3.8) is 0 Å². The van der Waals surface area contributed by atoms with E-state index in [2.05, 4.69) is 19.2 Å². The van der Waals surface area contributed by atoms with Crippen molar-refractivity contribution in [2.75, 3.05) is 11.1 Å². The minimum absolute atomic E-state index is 0.0675. The van der Waals surface area contributed by atoms with Gasteiger partial charge in [-0.25, -0.2) is 4.39 Å². The van der Waals surface area contributed by atoms with Gasteiger partial charge in [0.15, 0.2) is 11.6 Å². The lowest BCUT2D eigenvalue weighted by Gasteiger charge is -2.40.